The predicted molar refractivity (Wildman–Crippen MR) is 104 cm³/mol. The second-order valence-corrected chi connectivity index (χ2v) is 6.86. The molecule has 1 aromatic rings. The molecule has 0 fully saturated rings. The van der Waals surface area contributed by atoms with Crippen molar-refractivity contribution in [1.82, 2.24) is 10.2 Å². The van der Waals surface area contributed by atoms with E-state index in [0.29, 0.717) is 24.9 Å². The Morgan fingerprint density at radius 1 is 1.08 bits per heavy atom. The number of rotatable bonds is 10. The van der Waals surface area contributed by atoms with Crippen molar-refractivity contribution in [2.24, 2.45) is 5.92 Å². The van der Waals surface area contributed by atoms with E-state index in [2.05, 4.69) is 43.2 Å². The van der Waals surface area contributed by atoms with Gasteiger partial charge in [-0.3, -0.25) is 14.5 Å². The van der Waals surface area contributed by atoms with Gasteiger partial charge in [0.25, 0.3) is 0 Å². The molecule has 0 saturated heterocycles. The molecule has 0 spiro atoms. The highest BCUT2D eigenvalue weighted by Gasteiger charge is 2.18. The quantitative estimate of drug-likeness (QED) is 0.684. The minimum atomic E-state index is -0.0990. The first-order valence-electron chi connectivity index (χ1n) is 9.22. The van der Waals surface area contributed by atoms with Gasteiger partial charge in [-0.05, 0) is 43.1 Å². The molecule has 1 aromatic carbocycles. The lowest BCUT2D eigenvalue weighted by atomic mass is 10.0. The van der Waals surface area contributed by atoms with Gasteiger partial charge in [0.15, 0.2) is 0 Å². The Hall–Kier alpha value is -1.88. The smallest absolute Gasteiger partial charge is 0.224 e. The van der Waals surface area contributed by atoms with Gasteiger partial charge >= 0.3 is 0 Å². The van der Waals surface area contributed by atoms with Crippen molar-refractivity contribution >= 4 is 17.5 Å². The average Bonchev–Trinajstić information content (AvgIpc) is 2.54. The molecule has 1 rings (SSSR count). The number of nitrogens with zero attached hydrogens (tertiary/aromatic N) is 1. The Morgan fingerprint density at radius 2 is 1.68 bits per heavy atom. The molecule has 0 radical (unpaired) electrons. The molecule has 1 atom stereocenters. The fourth-order valence-electron chi connectivity index (χ4n) is 3.03. The Labute approximate surface area is 152 Å². The van der Waals surface area contributed by atoms with Gasteiger partial charge in [0.05, 0.1) is 6.42 Å². The van der Waals surface area contributed by atoms with Crippen LogP contribution in [0.2, 0.25) is 0 Å². The lowest BCUT2D eigenvalue weighted by Gasteiger charge is -2.31. The summed E-state index contributed by atoms with van der Waals surface area (Å²) in [6.07, 6.45) is 1.43. The van der Waals surface area contributed by atoms with Crippen LogP contribution in [-0.2, 0) is 16.0 Å². The SMILES string of the molecule is CCN(CC)C(CNC(=O)Cc1ccc(NC(C)=O)cc1)CC(C)C. The summed E-state index contributed by atoms with van der Waals surface area (Å²) >= 11 is 0. The maximum atomic E-state index is 12.3. The average molecular weight is 348 g/mol. The van der Waals surface area contributed by atoms with E-state index < -0.39 is 0 Å². The maximum absolute atomic E-state index is 12.3. The maximum Gasteiger partial charge on any atom is 0.224 e. The van der Waals surface area contributed by atoms with Gasteiger partial charge in [-0.2, -0.15) is 0 Å². The number of carbonyl (C=O) groups is 2. The van der Waals surface area contributed by atoms with E-state index in [-0.39, 0.29) is 11.8 Å². The molecule has 2 N–H and O–H groups in total. The fraction of sp³-hybridized carbons (Fsp3) is 0.600. The Kier molecular flexibility index (Phi) is 9.21. The normalized spacial score (nSPS) is 12.3. The third-order valence-corrected chi connectivity index (χ3v) is 4.25. The lowest BCUT2D eigenvalue weighted by Crippen LogP contribution is -2.44. The summed E-state index contributed by atoms with van der Waals surface area (Å²) in [5.41, 5.74) is 1.69. The summed E-state index contributed by atoms with van der Waals surface area (Å²) in [6.45, 7) is 12.9. The van der Waals surface area contributed by atoms with Crippen molar-refractivity contribution in [3.63, 3.8) is 0 Å². The van der Waals surface area contributed by atoms with E-state index in [4.69, 9.17) is 0 Å². The van der Waals surface area contributed by atoms with E-state index in [1.165, 1.54) is 6.92 Å². The van der Waals surface area contributed by atoms with Crippen LogP contribution in [0.5, 0.6) is 0 Å². The van der Waals surface area contributed by atoms with Crippen molar-refractivity contribution in [2.75, 3.05) is 25.0 Å². The molecule has 0 aromatic heterocycles. The van der Waals surface area contributed by atoms with Crippen molar-refractivity contribution in [3.8, 4) is 0 Å². The van der Waals surface area contributed by atoms with Crippen LogP contribution in [0.25, 0.3) is 0 Å². The standard InChI is InChI=1S/C20H33N3O2/c1-6-23(7-2)19(12-15(3)4)14-21-20(25)13-17-8-10-18(11-9-17)22-16(5)24/h8-11,15,19H,6-7,12-14H2,1-5H3,(H,21,25)(H,22,24). The number of carbonyl (C=O) groups excluding carboxylic acids is 2. The molecule has 0 saturated carbocycles. The summed E-state index contributed by atoms with van der Waals surface area (Å²) in [5, 5.41) is 5.81. The van der Waals surface area contributed by atoms with E-state index in [0.717, 1.165) is 30.8 Å². The van der Waals surface area contributed by atoms with Crippen LogP contribution in [0, 0.1) is 5.92 Å². The molecule has 2 amide bonds. The molecular weight excluding hydrogens is 314 g/mol. The molecule has 5 heteroatoms. The number of benzene rings is 1. The number of nitrogens with one attached hydrogen (secondary N) is 2. The summed E-state index contributed by atoms with van der Waals surface area (Å²) < 4.78 is 0. The molecule has 5 nitrogen and oxygen atoms in total. The minimum Gasteiger partial charge on any atom is -0.354 e. The zero-order chi connectivity index (χ0) is 18.8. The molecule has 0 aliphatic rings. The zero-order valence-electron chi connectivity index (χ0n) is 16.3. The van der Waals surface area contributed by atoms with Crippen LogP contribution in [0.15, 0.2) is 24.3 Å². The first-order valence-corrected chi connectivity index (χ1v) is 9.22. The van der Waals surface area contributed by atoms with Gasteiger partial charge in [-0.1, -0.05) is 39.8 Å². The molecule has 0 heterocycles. The molecular formula is C20H33N3O2. The van der Waals surface area contributed by atoms with Crippen LogP contribution in [0.3, 0.4) is 0 Å². The number of hydrogen-bond donors (Lipinski definition) is 2. The van der Waals surface area contributed by atoms with Gasteiger partial charge in [-0.15, -0.1) is 0 Å². The third kappa shape index (κ3) is 8.16. The summed E-state index contributed by atoms with van der Waals surface area (Å²) in [4.78, 5) is 25.7. The van der Waals surface area contributed by atoms with Gasteiger partial charge in [0, 0.05) is 25.2 Å². The van der Waals surface area contributed by atoms with Crippen LogP contribution < -0.4 is 10.6 Å². The second-order valence-electron chi connectivity index (χ2n) is 6.86. The number of hydrogen-bond acceptors (Lipinski definition) is 3. The zero-order valence-corrected chi connectivity index (χ0v) is 16.3. The number of likely N-dealkylation sites (N-methyl/N-ethyl adjacent to an activating group) is 1. The van der Waals surface area contributed by atoms with Crippen molar-refractivity contribution in [3.05, 3.63) is 29.8 Å². The van der Waals surface area contributed by atoms with E-state index in [1.807, 2.05) is 24.3 Å². The molecule has 0 aliphatic heterocycles. The molecule has 0 aliphatic carbocycles. The Balaban J connectivity index is 2.55. The third-order valence-electron chi connectivity index (χ3n) is 4.25. The topological polar surface area (TPSA) is 61.4 Å². The number of anilines is 1. The summed E-state index contributed by atoms with van der Waals surface area (Å²) in [7, 11) is 0. The van der Waals surface area contributed by atoms with E-state index >= 15 is 0 Å². The fourth-order valence-corrected chi connectivity index (χ4v) is 3.03. The highest BCUT2D eigenvalue weighted by molar-refractivity contribution is 5.88. The predicted octanol–water partition coefficient (Wildman–Crippen LogP) is 3.06. The first-order chi connectivity index (χ1) is 11.8. The van der Waals surface area contributed by atoms with Crippen molar-refractivity contribution in [2.45, 2.75) is 53.5 Å². The molecule has 1 unspecified atom stereocenters. The van der Waals surface area contributed by atoms with Gasteiger partial charge in [0.1, 0.15) is 0 Å². The second kappa shape index (κ2) is 10.9. The van der Waals surface area contributed by atoms with Gasteiger partial charge in [-0.25, -0.2) is 0 Å². The highest BCUT2D eigenvalue weighted by Crippen LogP contribution is 2.12. The van der Waals surface area contributed by atoms with Crippen LogP contribution >= 0.6 is 0 Å². The van der Waals surface area contributed by atoms with Gasteiger partial charge in [0.2, 0.25) is 11.8 Å². The van der Waals surface area contributed by atoms with Crippen LogP contribution in [0.1, 0.15) is 46.6 Å². The van der Waals surface area contributed by atoms with Crippen molar-refractivity contribution in [1.29, 1.82) is 0 Å². The Morgan fingerprint density at radius 3 is 2.16 bits per heavy atom. The highest BCUT2D eigenvalue weighted by atomic mass is 16.2. The largest absolute Gasteiger partial charge is 0.354 e. The van der Waals surface area contributed by atoms with Gasteiger partial charge < -0.3 is 10.6 Å². The minimum absolute atomic E-state index is 0.0354. The van der Waals surface area contributed by atoms with E-state index in [9.17, 15) is 9.59 Å². The summed E-state index contributed by atoms with van der Waals surface area (Å²) in [5.74, 6) is 0.537. The monoisotopic (exact) mass is 347 g/mol. The molecule has 25 heavy (non-hydrogen) atoms. The van der Waals surface area contributed by atoms with E-state index in [1.54, 1.807) is 0 Å². The lowest BCUT2D eigenvalue weighted by molar-refractivity contribution is -0.120. The van der Waals surface area contributed by atoms with Crippen LogP contribution in [-0.4, -0.2) is 42.4 Å². The number of amides is 2. The first kappa shape index (κ1) is 21.2. The molecule has 140 valence electrons. The summed E-state index contributed by atoms with van der Waals surface area (Å²) in [6, 6.07) is 7.77. The Bertz CT molecular complexity index is 536. The molecule has 0 bridgehead atoms. The van der Waals surface area contributed by atoms with Crippen LogP contribution in [0.4, 0.5) is 5.69 Å². The van der Waals surface area contributed by atoms with Crippen molar-refractivity contribution < 1.29 is 9.59 Å².